The van der Waals surface area contributed by atoms with E-state index in [1.54, 1.807) is 32.3 Å². The Morgan fingerprint density at radius 3 is 2.70 bits per heavy atom. The molecule has 1 amide bonds. The summed E-state index contributed by atoms with van der Waals surface area (Å²) in [4.78, 5) is 17.3. The molecule has 0 bridgehead atoms. The molecule has 1 N–H and O–H groups in total. The number of aromatic nitrogens is 1. The van der Waals surface area contributed by atoms with Crippen LogP contribution in [0.2, 0.25) is 5.02 Å². The van der Waals surface area contributed by atoms with Gasteiger partial charge in [0.15, 0.2) is 0 Å². The van der Waals surface area contributed by atoms with Gasteiger partial charge in [-0.15, -0.1) is 0 Å². The van der Waals surface area contributed by atoms with E-state index in [1.165, 1.54) is 11.0 Å². The first kappa shape index (κ1) is 14.3. The number of hydrogen-bond acceptors (Lipinski definition) is 3. The molecule has 0 saturated heterocycles. The predicted molar refractivity (Wildman–Crippen MR) is 74.3 cm³/mol. The van der Waals surface area contributed by atoms with Gasteiger partial charge in [0, 0.05) is 25.7 Å². The van der Waals surface area contributed by atoms with Crippen molar-refractivity contribution in [3.05, 3.63) is 46.9 Å². The first-order chi connectivity index (χ1) is 9.40. The number of nitrogens with zero attached hydrogens (tertiary/aromatic N) is 2. The Bertz CT molecular complexity index is 674. The molecule has 104 valence electrons. The zero-order chi connectivity index (χ0) is 14.9. The molecule has 0 radical (unpaired) electrons. The number of hydrogen-bond donors (Lipinski definition) is 1. The third kappa shape index (κ3) is 2.72. The Labute approximate surface area is 120 Å². The van der Waals surface area contributed by atoms with Crippen molar-refractivity contribution < 1.29 is 14.3 Å². The highest BCUT2D eigenvalue weighted by Gasteiger charge is 2.14. The molecule has 0 saturated carbocycles. The summed E-state index contributed by atoms with van der Waals surface area (Å²) in [5.41, 5.74) is 0.606. The van der Waals surface area contributed by atoms with E-state index in [-0.39, 0.29) is 33.6 Å². The van der Waals surface area contributed by atoms with Crippen molar-refractivity contribution in [2.75, 3.05) is 14.1 Å². The van der Waals surface area contributed by atoms with Gasteiger partial charge in [0.25, 0.3) is 5.91 Å². The van der Waals surface area contributed by atoms with E-state index in [9.17, 15) is 14.3 Å². The number of aromatic hydroxyl groups is 1. The van der Waals surface area contributed by atoms with Gasteiger partial charge >= 0.3 is 0 Å². The summed E-state index contributed by atoms with van der Waals surface area (Å²) in [5, 5.41) is 9.35. The van der Waals surface area contributed by atoms with E-state index in [0.29, 0.717) is 0 Å². The molecule has 6 heteroatoms. The minimum atomic E-state index is -0.658. The molecule has 2 aromatic rings. The van der Waals surface area contributed by atoms with Crippen molar-refractivity contribution in [2.24, 2.45) is 0 Å². The van der Waals surface area contributed by atoms with Crippen molar-refractivity contribution in [1.29, 1.82) is 0 Å². The van der Waals surface area contributed by atoms with Gasteiger partial charge < -0.3 is 10.0 Å². The Balaban J connectivity index is 2.52. The second-order valence-corrected chi connectivity index (χ2v) is 4.80. The fourth-order valence-corrected chi connectivity index (χ4v) is 1.83. The fourth-order valence-electron chi connectivity index (χ4n) is 1.67. The summed E-state index contributed by atoms with van der Waals surface area (Å²) in [5.74, 6) is -1.28. The molecular weight excluding hydrogens is 283 g/mol. The molecule has 0 aliphatic heterocycles. The monoisotopic (exact) mass is 294 g/mol. The van der Waals surface area contributed by atoms with Gasteiger partial charge in [-0.1, -0.05) is 17.7 Å². The maximum atomic E-state index is 13.9. The third-order valence-corrected chi connectivity index (χ3v) is 2.99. The smallest absolute Gasteiger partial charge is 0.271 e. The van der Waals surface area contributed by atoms with Crippen LogP contribution < -0.4 is 0 Å². The van der Waals surface area contributed by atoms with E-state index < -0.39 is 5.82 Å². The van der Waals surface area contributed by atoms with Crippen LogP contribution in [0.5, 0.6) is 5.75 Å². The summed E-state index contributed by atoms with van der Waals surface area (Å²) in [6.07, 6.45) is 0. The van der Waals surface area contributed by atoms with Crippen molar-refractivity contribution >= 4 is 17.5 Å². The van der Waals surface area contributed by atoms with Crippen LogP contribution in [0.15, 0.2) is 30.3 Å². The maximum absolute atomic E-state index is 13.9. The van der Waals surface area contributed by atoms with Crippen LogP contribution in [0.4, 0.5) is 4.39 Å². The van der Waals surface area contributed by atoms with Crippen LogP contribution in [0.25, 0.3) is 11.3 Å². The van der Waals surface area contributed by atoms with Gasteiger partial charge in [0.05, 0.1) is 10.7 Å². The molecule has 0 aliphatic rings. The zero-order valence-electron chi connectivity index (χ0n) is 10.9. The third-order valence-electron chi connectivity index (χ3n) is 2.69. The molecule has 0 aliphatic carbocycles. The second-order valence-electron chi connectivity index (χ2n) is 4.39. The Hall–Kier alpha value is -2.14. The summed E-state index contributed by atoms with van der Waals surface area (Å²) in [7, 11) is 3.21. The van der Waals surface area contributed by atoms with Gasteiger partial charge in [-0.25, -0.2) is 9.37 Å². The van der Waals surface area contributed by atoms with Gasteiger partial charge in [0.1, 0.15) is 17.3 Å². The van der Waals surface area contributed by atoms with Crippen LogP contribution in [0, 0.1) is 5.82 Å². The predicted octanol–water partition coefficient (Wildman–Crippen LogP) is 2.95. The quantitative estimate of drug-likeness (QED) is 0.926. The SMILES string of the molecule is CN(C)C(=O)c1cccc(-c2cc(Cl)c(O)cc2F)n1. The number of amides is 1. The molecule has 0 unspecified atom stereocenters. The number of rotatable bonds is 2. The minimum Gasteiger partial charge on any atom is -0.506 e. The Kier molecular flexibility index (Phi) is 3.90. The highest BCUT2D eigenvalue weighted by Crippen LogP contribution is 2.31. The molecule has 0 spiro atoms. The molecule has 1 heterocycles. The Morgan fingerprint density at radius 1 is 1.35 bits per heavy atom. The van der Waals surface area contributed by atoms with Crippen molar-refractivity contribution in [3.63, 3.8) is 0 Å². The van der Waals surface area contributed by atoms with Gasteiger partial charge in [-0.2, -0.15) is 0 Å². The lowest BCUT2D eigenvalue weighted by Crippen LogP contribution is -2.22. The number of phenols is 1. The van der Waals surface area contributed by atoms with E-state index in [0.717, 1.165) is 6.07 Å². The maximum Gasteiger partial charge on any atom is 0.271 e. The zero-order valence-corrected chi connectivity index (χ0v) is 11.6. The highest BCUT2D eigenvalue weighted by molar-refractivity contribution is 6.32. The molecule has 1 aromatic heterocycles. The molecule has 2 rings (SSSR count). The number of halogens is 2. The lowest BCUT2D eigenvalue weighted by Gasteiger charge is -2.11. The highest BCUT2D eigenvalue weighted by atomic mass is 35.5. The molecule has 20 heavy (non-hydrogen) atoms. The molecule has 0 atom stereocenters. The van der Waals surface area contributed by atoms with Crippen LogP contribution in [-0.2, 0) is 0 Å². The van der Waals surface area contributed by atoms with Crippen molar-refractivity contribution in [3.8, 4) is 17.0 Å². The fraction of sp³-hybridized carbons (Fsp3) is 0.143. The second kappa shape index (κ2) is 5.46. The Morgan fingerprint density at radius 2 is 2.05 bits per heavy atom. The molecule has 1 aromatic carbocycles. The van der Waals surface area contributed by atoms with E-state index in [2.05, 4.69) is 4.98 Å². The van der Waals surface area contributed by atoms with E-state index >= 15 is 0 Å². The van der Waals surface area contributed by atoms with Crippen LogP contribution >= 0.6 is 11.6 Å². The lowest BCUT2D eigenvalue weighted by atomic mass is 10.1. The lowest BCUT2D eigenvalue weighted by molar-refractivity contribution is 0.0822. The molecule has 0 fully saturated rings. The van der Waals surface area contributed by atoms with Crippen LogP contribution in [-0.4, -0.2) is 35.0 Å². The minimum absolute atomic E-state index is 0.0209. The first-order valence-corrected chi connectivity index (χ1v) is 6.15. The van der Waals surface area contributed by atoms with Crippen molar-refractivity contribution in [2.45, 2.75) is 0 Å². The average Bonchev–Trinajstić information content (AvgIpc) is 2.42. The van der Waals surface area contributed by atoms with E-state index in [4.69, 9.17) is 11.6 Å². The van der Waals surface area contributed by atoms with Gasteiger partial charge in [0.2, 0.25) is 0 Å². The number of pyridine rings is 1. The number of benzene rings is 1. The first-order valence-electron chi connectivity index (χ1n) is 5.77. The van der Waals surface area contributed by atoms with Crippen LogP contribution in [0.1, 0.15) is 10.5 Å². The normalized spacial score (nSPS) is 10.4. The molecule has 4 nitrogen and oxygen atoms in total. The largest absolute Gasteiger partial charge is 0.506 e. The average molecular weight is 295 g/mol. The topological polar surface area (TPSA) is 53.4 Å². The summed E-state index contributed by atoms with van der Waals surface area (Å²) < 4.78 is 13.9. The number of carbonyl (C=O) groups excluding carboxylic acids is 1. The number of phenolic OH excluding ortho intramolecular Hbond substituents is 1. The van der Waals surface area contributed by atoms with Crippen molar-refractivity contribution in [1.82, 2.24) is 9.88 Å². The molecular formula is C14H12ClFN2O2. The standard InChI is InChI=1S/C14H12ClFN2O2/c1-18(2)14(20)12-5-3-4-11(17-12)8-6-9(15)13(19)7-10(8)16/h3-7,19H,1-2H3. The number of carbonyl (C=O) groups is 1. The van der Waals surface area contributed by atoms with Gasteiger partial charge in [-0.3, -0.25) is 4.79 Å². The van der Waals surface area contributed by atoms with Crippen LogP contribution in [0.3, 0.4) is 0 Å². The summed E-state index contributed by atoms with van der Waals surface area (Å²) in [6, 6.07) is 6.92. The van der Waals surface area contributed by atoms with Gasteiger partial charge in [-0.05, 0) is 18.2 Å². The van der Waals surface area contributed by atoms with E-state index in [1.807, 2.05) is 0 Å². The summed E-state index contributed by atoms with van der Waals surface area (Å²) >= 11 is 5.77. The summed E-state index contributed by atoms with van der Waals surface area (Å²) in [6.45, 7) is 0.